The van der Waals surface area contributed by atoms with Gasteiger partial charge in [-0.3, -0.25) is 4.98 Å². The van der Waals surface area contributed by atoms with Crippen LogP contribution in [-0.2, 0) is 12.4 Å². The van der Waals surface area contributed by atoms with E-state index in [-0.39, 0.29) is 11.4 Å². The third kappa shape index (κ3) is 6.69. The molecule has 0 saturated heterocycles. The van der Waals surface area contributed by atoms with Crippen molar-refractivity contribution in [1.29, 1.82) is 5.26 Å². The molecule has 7 nitrogen and oxygen atoms in total. The Morgan fingerprint density at radius 3 is 1.44 bits per heavy atom. The minimum absolute atomic E-state index is 0.132. The maximum absolute atomic E-state index is 14.3. The Morgan fingerprint density at radius 1 is 0.439 bits per heavy atom. The highest BCUT2D eigenvalue weighted by Gasteiger charge is 2.33. The average Bonchev–Trinajstić information content (AvgIpc) is 3.85. The molecule has 0 atom stereocenters. The number of nitriles is 1. The standard InChI is InChI=1S/C53H29F6N7/c54-52(55,56)35-19-21-45-40(27-35)37-15-7-9-17-43(37)65(45)47-30-61-24-23-39(47)42-26-33(51-63-49(31-11-3-1-4-12-31)62-50(64-51)32-13-5-2-6-14-32)25-34(29-60)48(42)66-44-18-10-8-16-38(44)41-28-36(53(57,58)59)20-22-46(41)66/h1-28,30H. The number of halogens is 6. The van der Waals surface area contributed by atoms with E-state index in [4.69, 9.17) is 15.0 Å². The zero-order chi connectivity index (χ0) is 45.3. The molecular weight excluding hydrogens is 849 g/mol. The zero-order valence-electron chi connectivity index (χ0n) is 34.1. The first-order chi connectivity index (χ1) is 32.0. The lowest BCUT2D eigenvalue weighted by atomic mass is 9.95. The molecule has 4 aromatic heterocycles. The Labute approximate surface area is 371 Å². The summed E-state index contributed by atoms with van der Waals surface area (Å²) in [6.45, 7) is 0. The van der Waals surface area contributed by atoms with Gasteiger partial charge >= 0.3 is 12.4 Å². The Kier molecular flexibility index (Phi) is 9.30. The van der Waals surface area contributed by atoms with E-state index in [9.17, 15) is 31.6 Å². The molecule has 11 rings (SSSR count). The highest BCUT2D eigenvalue weighted by molar-refractivity contribution is 6.12. The lowest BCUT2D eigenvalue weighted by Gasteiger charge is -2.20. The molecule has 0 aliphatic heterocycles. The summed E-state index contributed by atoms with van der Waals surface area (Å²) in [4.78, 5) is 19.3. The average molecular weight is 878 g/mol. The number of para-hydroxylation sites is 2. The predicted molar refractivity (Wildman–Crippen MR) is 243 cm³/mol. The molecule has 0 N–H and O–H groups in total. The first-order valence-corrected chi connectivity index (χ1v) is 20.6. The number of benzene rings is 7. The second-order valence-corrected chi connectivity index (χ2v) is 15.6. The third-order valence-corrected chi connectivity index (χ3v) is 11.7. The number of alkyl halides is 6. The van der Waals surface area contributed by atoms with Gasteiger partial charge < -0.3 is 9.13 Å². The van der Waals surface area contributed by atoms with E-state index in [1.54, 1.807) is 71.6 Å². The lowest BCUT2D eigenvalue weighted by Crippen LogP contribution is -2.07. The van der Waals surface area contributed by atoms with Crippen molar-refractivity contribution in [2.24, 2.45) is 0 Å². The van der Waals surface area contributed by atoms with Crippen LogP contribution in [0.1, 0.15) is 16.7 Å². The van der Waals surface area contributed by atoms with Gasteiger partial charge in [-0.2, -0.15) is 31.6 Å². The largest absolute Gasteiger partial charge is 0.416 e. The maximum Gasteiger partial charge on any atom is 0.416 e. The summed E-state index contributed by atoms with van der Waals surface area (Å²) in [6.07, 6.45) is -6.05. The molecule has 0 fully saturated rings. The van der Waals surface area contributed by atoms with Gasteiger partial charge in [0.05, 0.1) is 56.3 Å². The van der Waals surface area contributed by atoms with Crippen LogP contribution in [0.4, 0.5) is 26.3 Å². The van der Waals surface area contributed by atoms with Crippen LogP contribution in [0.2, 0.25) is 0 Å². The minimum Gasteiger partial charge on any atom is -0.307 e. The molecule has 0 saturated carbocycles. The van der Waals surface area contributed by atoms with Crippen molar-refractivity contribution >= 4 is 43.6 Å². The van der Waals surface area contributed by atoms with Crippen LogP contribution in [0.5, 0.6) is 0 Å². The van der Waals surface area contributed by atoms with Crippen molar-refractivity contribution in [2.75, 3.05) is 0 Å². The summed E-state index contributed by atoms with van der Waals surface area (Å²) >= 11 is 0. The van der Waals surface area contributed by atoms with Crippen LogP contribution in [-0.4, -0.2) is 29.1 Å². The van der Waals surface area contributed by atoms with Gasteiger partial charge in [-0.25, -0.2) is 15.0 Å². The van der Waals surface area contributed by atoms with Crippen LogP contribution in [0.3, 0.4) is 0 Å². The summed E-state index contributed by atoms with van der Waals surface area (Å²) in [5.74, 6) is 0.982. The highest BCUT2D eigenvalue weighted by Crippen LogP contribution is 2.45. The molecule has 66 heavy (non-hydrogen) atoms. The van der Waals surface area contributed by atoms with E-state index in [0.29, 0.717) is 83.3 Å². The second kappa shape index (κ2) is 15.3. The normalized spacial score (nSPS) is 12.1. The first kappa shape index (κ1) is 40.2. The van der Waals surface area contributed by atoms with E-state index in [0.717, 1.165) is 35.4 Å². The first-order valence-electron chi connectivity index (χ1n) is 20.6. The van der Waals surface area contributed by atoms with Crippen LogP contribution in [0, 0.1) is 11.3 Å². The molecule has 0 spiro atoms. The minimum atomic E-state index is -4.63. The van der Waals surface area contributed by atoms with Crippen molar-refractivity contribution in [3.8, 4) is 62.7 Å². The molecule has 0 unspecified atom stereocenters. The van der Waals surface area contributed by atoms with Crippen LogP contribution >= 0.6 is 0 Å². The van der Waals surface area contributed by atoms with Crippen LogP contribution in [0.15, 0.2) is 176 Å². The van der Waals surface area contributed by atoms with Gasteiger partial charge in [0.2, 0.25) is 0 Å². The second-order valence-electron chi connectivity index (χ2n) is 15.6. The topological polar surface area (TPSA) is 85.2 Å². The molecule has 4 heterocycles. The predicted octanol–water partition coefficient (Wildman–Crippen LogP) is 14.0. The van der Waals surface area contributed by atoms with Gasteiger partial charge in [0, 0.05) is 55.6 Å². The van der Waals surface area contributed by atoms with Crippen molar-refractivity contribution in [1.82, 2.24) is 29.1 Å². The molecule has 318 valence electrons. The highest BCUT2D eigenvalue weighted by atomic mass is 19.4. The fourth-order valence-electron chi connectivity index (χ4n) is 8.82. The fraction of sp³-hybridized carbons (Fsp3) is 0.0377. The lowest BCUT2D eigenvalue weighted by molar-refractivity contribution is -0.138. The SMILES string of the molecule is N#Cc1cc(-c2nc(-c3ccccc3)nc(-c3ccccc3)n2)cc(-c2ccncc2-n2c3ccccc3c3cc(C(F)(F)F)ccc32)c1-n1c2ccccc2c2cc(C(F)(F)F)ccc21. The Morgan fingerprint density at radius 2 is 0.909 bits per heavy atom. The fourth-order valence-corrected chi connectivity index (χ4v) is 8.82. The van der Waals surface area contributed by atoms with Crippen molar-refractivity contribution < 1.29 is 26.3 Å². The Hall–Kier alpha value is -8.63. The molecule has 0 aliphatic carbocycles. The van der Waals surface area contributed by atoms with Crippen LogP contribution in [0.25, 0.3) is 100 Å². The number of pyridine rings is 1. The van der Waals surface area contributed by atoms with E-state index >= 15 is 0 Å². The van der Waals surface area contributed by atoms with Gasteiger partial charge in [-0.15, -0.1) is 0 Å². The van der Waals surface area contributed by atoms with Gasteiger partial charge in [-0.1, -0.05) is 97.1 Å². The Balaban J connectivity index is 1.26. The Bertz CT molecular complexity index is 3700. The molecule has 0 aliphatic rings. The van der Waals surface area contributed by atoms with Crippen molar-refractivity contribution in [2.45, 2.75) is 12.4 Å². The molecule has 0 amide bonds. The molecule has 0 radical (unpaired) electrons. The molecule has 13 heteroatoms. The summed E-state index contributed by atoms with van der Waals surface area (Å²) in [5.41, 5.74) is 4.06. The number of hydrogen-bond acceptors (Lipinski definition) is 5. The van der Waals surface area contributed by atoms with Crippen LogP contribution < -0.4 is 0 Å². The molecule has 11 aromatic rings. The van der Waals surface area contributed by atoms with Gasteiger partial charge in [0.15, 0.2) is 17.5 Å². The monoisotopic (exact) mass is 877 g/mol. The van der Waals surface area contributed by atoms with E-state index < -0.39 is 23.5 Å². The van der Waals surface area contributed by atoms with Gasteiger partial charge in [0.1, 0.15) is 6.07 Å². The van der Waals surface area contributed by atoms with Gasteiger partial charge in [-0.05, 0) is 66.7 Å². The van der Waals surface area contributed by atoms with Crippen molar-refractivity contribution in [3.63, 3.8) is 0 Å². The van der Waals surface area contributed by atoms with Crippen molar-refractivity contribution in [3.05, 3.63) is 193 Å². The summed E-state index contributed by atoms with van der Waals surface area (Å²) < 4.78 is 89.0. The number of fused-ring (bicyclic) bond motifs is 6. The molecule has 7 aromatic carbocycles. The molecular formula is C53H29F6N7. The number of aromatic nitrogens is 6. The number of nitrogens with zero attached hydrogens (tertiary/aromatic N) is 7. The van der Waals surface area contributed by atoms with E-state index in [2.05, 4.69) is 11.1 Å². The third-order valence-electron chi connectivity index (χ3n) is 11.7. The quantitative estimate of drug-likeness (QED) is 0.155. The maximum atomic E-state index is 14.3. The summed E-state index contributed by atoms with van der Waals surface area (Å²) in [5, 5.41) is 13.0. The summed E-state index contributed by atoms with van der Waals surface area (Å²) in [7, 11) is 0. The summed E-state index contributed by atoms with van der Waals surface area (Å²) in [6, 6.07) is 47.7. The smallest absolute Gasteiger partial charge is 0.307 e. The molecule has 0 bridgehead atoms. The number of rotatable bonds is 6. The van der Waals surface area contributed by atoms with E-state index in [1.165, 1.54) is 12.1 Å². The van der Waals surface area contributed by atoms with Gasteiger partial charge in [0.25, 0.3) is 0 Å². The number of hydrogen-bond donors (Lipinski definition) is 0. The zero-order valence-corrected chi connectivity index (χ0v) is 34.1. The van der Waals surface area contributed by atoms with E-state index in [1.807, 2.05) is 77.4 Å².